The molecule has 1 amide bonds. The molecular formula is C18H22N4O. The molecule has 2 aliphatic heterocycles. The Hall–Kier alpha value is -2.09. The summed E-state index contributed by atoms with van der Waals surface area (Å²) in [7, 11) is 0. The van der Waals surface area contributed by atoms with Gasteiger partial charge >= 0.3 is 0 Å². The zero-order valence-corrected chi connectivity index (χ0v) is 13.7. The molecule has 120 valence electrons. The van der Waals surface area contributed by atoms with Gasteiger partial charge in [-0.3, -0.25) is 4.79 Å². The molecule has 1 aliphatic carbocycles. The second-order valence-electron chi connectivity index (χ2n) is 7.93. The summed E-state index contributed by atoms with van der Waals surface area (Å²) in [6.45, 7) is 8.07. The summed E-state index contributed by atoms with van der Waals surface area (Å²) < 4.78 is 0. The van der Waals surface area contributed by atoms with Crippen LogP contribution < -0.4 is 4.90 Å². The number of amides is 1. The molecule has 3 atom stereocenters. The van der Waals surface area contributed by atoms with Gasteiger partial charge in [-0.1, -0.05) is 13.8 Å². The lowest BCUT2D eigenvalue weighted by molar-refractivity contribution is -0.132. The fourth-order valence-electron chi connectivity index (χ4n) is 4.11. The van der Waals surface area contributed by atoms with Crippen molar-refractivity contribution < 1.29 is 4.79 Å². The van der Waals surface area contributed by atoms with E-state index in [-0.39, 0.29) is 11.3 Å². The SMILES string of the molecule is CC1(C)CC1C(=O)N1CC2CN(c3ccc(C#N)cn3)CC2C1. The van der Waals surface area contributed by atoms with Gasteiger partial charge in [0.25, 0.3) is 0 Å². The van der Waals surface area contributed by atoms with E-state index in [0.29, 0.717) is 23.3 Å². The van der Waals surface area contributed by atoms with Crippen LogP contribution in [0.2, 0.25) is 0 Å². The fourth-order valence-corrected chi connectivity index (χ4v) is 4.11. The van der Waals surface area contributed by atoms with Gasteiger partial charge in [-0.2, -0.15) is 5.26 Å². The standard InChI is InChI=1S/C18H22N4O/c1-18(2)5-15(18)17(23)22-10-13-8-21(9-14(13)11-22)16-4-3-12(6-19)7-20-16/h3-4,7,13-15H,5,8-11H2,1-2H3. The van der Waals surface area contributed by atoms with E-state index in [1.54, 1.807) is 6.20 Å². The minimum Gasteiger partial charge on any atom is -0.356 e. The maximum absolute atomic E-state index is 12.5. The van der Waals surface area contributed by atoms with E-state index in [1.165, 1.54) is 0 Å². The molecule has 1 aromatic heterocycles. The van der Waals surface area contributed by atoms with Crippen LogP contribution in [0.15, 0.2) is 18.3 Å². The molecule has 3 heterocycles. The third-order valence-corrected chi connectivity index (χ3v) is 5.81. The Labute approximate surface area is 136 Å². The van der Waals surface area contributed by atoms with Gasteiger partial charge < -0.3 is 9.80 Å². The Morgan fingerprint density at radius 2 is 1.91 bits per heavy atom. The van der Waals surface area contributed by atoms with E-state index in [2.05, 4.69) is 34.7 Å². The number of carbonyl (C=O) groups is 1. The number of hydrogen-bond donors (Lipinski definition) is 0. The molecule has 0 radical (unpaired) electrons. The highest BCUT2D eigenvalue weighted by molar-refractivity contribution is 5.82. The van der Waals surface area contributed by atoms with Crippen molar-refractivity contribution in [1.29, 1.82) is 5.26 Å². The Morgan fingerprint density at radius 1 is 1.26 bits per heavy atom. The number of likely N-dealkylation sites (tertiary alicyclic amines) is 1. The van der Waals surface area contributed by atoms with Gasteiger partial charge in [0.1, 0.15) is 11.9 Å². The summed E-state index contributed by atoms with van der Waals surface area (Å²) in [5.74, 6) is 2.67. The van der Waals surface area contributed by atoms with Crippen molar-refractivity contribution in [2.75, 3.05) is 31.1 Å². The third kappa shape index (κ3) is 2.46. The molecule has 4 rings (SSSR count). The number of pyridine rings is 1. The van der Waals surface area contributed by atoms with Crippen LogP contribution in [0.3, 0.4) is 0 Å². The second-order valence-corrected chi connectivity index (χ2v) is 7.93. The van der Waals surface area contributed by atoms with E-state index in [4.69, 9.17) is 5.26 Å². The Bertz CT molecular complexity index is 661. The van der Waals surface area contributed by atoms with Crippen molar-refractivity contribution in [3.63, 3.8) is 0 Å². The molecule has 0 aromatic carbocycles. The summed E-state index contributed by atoms with van der Waals surface area (Å²) in [5.41, 5.74) is 0.810. The summed E-state index contributed by atoms with van der Waals surface area (Å²) in [5, 5.41) is 8.85. The largest absolute Gasteiger partial charge is 0.356 e. The van der Waals surface area contributed by atoms with E-state index in [9.17, 15) is 4.79 Å². The first-order valence-electron chi connectivity index (χ1n) is 8.38. The molecule has 0 N–H and O–H groups in total. The maximum Gasteiger partial charge on any atom is 0.226 e. The number of anilines is 1. The summed E-state index contributed by atoms with van der Waals surface area (Å²) in [4.78, 5) is 21.3. The average molecular weight is 310 g/mol. The molecule has 23 heavy (non-hydrogen) atoms. The topological polar surface area (TPSA) is 60.2 Å². The van der Waals surface area contributed by atoms with Crippen molar-refractivity contribution in [2.24, 2.45) is 23.2 Å². The molecule has 5 heteroatoms. The number of nitrogens with zero attached hydrogens (tertiary/aromatic N) is 4. The number of carbonyl (C=O) groups excluding carboxylic acids is 1. The highest BCUT2D eigenvalue weighted by Gasteiger charge is 2.54. The molecule has 0 spiro atoms. The van der Waals surface area contributed by atoms with Crippen molar-refractivity contribution >= 4 is 11.7 Å². The Morgan fingerprint density at radius 3 is 2.39 bits per heavy atom. The molecule has 3 fully saturated rings. The van der Waals surface area contributed by atoms with Gasteiger partial charge in [-0.05, 0) is 24.0 Å². The Kier molecular flexibility index (Phi) is 3.12. The summed E-state index contributed by atoms with van der Waals surface area (Å²) in [6, 6.07) is 5.85. The number of rotatable bonds is 2. The van der Waals surface area contributed by atoms with Crippen LogP contribution in [0, 0.1) is 34.5 Å². The number of aromatic nitrogens is 1. The molecule has 3 aliphatic rings. The lowest BCUT2D eigenvalue weighted by atomic mass is 10.0. The number of fused-ring (bicyclic) bond motifs is 1. The minimum absolute atomic E-state index is 0.216. The van der Waals surface area contributed by atoms with Crippen LogP contribution in [0.5, 0.6) is 0 Å². The quantitative estimate of drug-likeness (QED) is 0.837. The van der Waals surface area contributed by atoms with Crippen molar-refractivity contribution in [2.45, 2.75) is 20.3 Å². The molecule has 1 aromatic rings. The maximum atomic E-state index is 12.5. The van der Waals surface area contributed by atoms with Gasteiger partial charge in [-0.25, -0.2) is 4.98 Å². The van der Waals surface area contributed by atoms with Crippen molar-refractivity contribution in [1.82, 2.24) is 9.88 Å². The molecule has 2 saturated heterocycles. The molecular weight excluding hydrogens is 288 g/mol. The van der Waals surface area contributed by atoms with E-state index >= 15 is 0 Å². The van der Waals surface area contributed by atoms with Gasteiger partial charge in [-0.15, -0.1) is 0 Å². The number of hydrogen-bond acceptors (Lipinski definition) is 4. The van der Waals surface area contributed by atoms with E-state index in [1.807, 2.05) is 12.1 Å². The molecule has 5 nitrogen and oxygen atoms in total. The predicted octanol–water partition coefficient (Wildman–Crippen LogP) is 1.89. The molecule has 1 saturated carbocycles. The monoisotopic (exact) mass is 310 g/mol. The Balaban J connectivity index is 1.38. The smallest absolute Gasteiger partial charge is 0.226 e. The van der Waals surface area contributed by atoms with E-state index < -0.39 is 0 Å². The van der Waals surface area contributed by atoms with Crippen molar-refractivity contribution in [3.8, 4) is 6.07 Å². The lowest BCUT2D eigenvalue weighted by Gasteiger charge is -2.23. The van der Waals surface area contributed by atoms with Crippen LogP contribution in [0.25, 0.3) is 0 Å². The van der Waals surface area contributed by atoms with Crippen LogP contribution >= 0.6 is 0 Å². The van der Waals surface area contributed by atoms with Crippen LogP contribution in [0.1, 0.15) is 25.8 Å². The molecule has 3 unspecified atom stereocenters. The van der Waals surface area contributed by atoms with Crippen LogP contribution in [0.4, 0.5) is 5.82 Å². The minimum atomic E-state index is 0.216. The lowest BCUT2D eigenvalue weighted by Crippen LogP contribution is -2.35. The second kappa shape index (κ2) is 4.95. The molecule has 0 bridgehead atoms. The van der Waals surface area contributed by atoms with Crippen LogP contribution in [-0.4, -0.2) is 42.0 Å². The van der Waals surface area contributed by atoms with Gasteiger partial charge in [0.05, 0.1) is 5.56 Å². The highest BCUT2D eigenvalue weighted by Crippen LogP contribution is 2.53. The predicted molar refractivity (Wildman–Crippen MR) is 86.6 cm³/mol. The van der Waals surface area contributed by atoms with Gasteiger partial charge in [0, 0.05) is 50.1 Å². The number of nitriles is 1. The normalized spacial score (nSPS) is 30.9. The van der Waals surface area contributed by atoms with E-state index in [0.717, 1.165) is 38.4 Å². The third-order valence-electron chi connectivity index (χ3n) is 5.81. The van der Waals surface area contributed by atoms with Gasteiger partial charge in [0.15, 0.2) is 0 Å². The first-order chi connectivity index (χ1) is 11.0. The zero-order chi connectivity index (χ0) is 16.2. The highest BCUT2D eigenvalue weighted by atomic mass is 16.2. The summed E-state index contributed by atoms with van der Waals surface area (Å²) >= 11 is 0. The average Bonchev–Trinajstić information content (AvgIpc) is 2.88. The van der Waals surface area contributed by atoms with Crippen LogP contribution in [-0.2, 0) is 4.79 Å². The van der Waals surface area contributed by atoms with Gasteiger partial charge in [0.2, 0.25) is 5.91 Å². The first kappa shape index (κ1) is 14.5. The van der Waals surface area contributed by atoms with Crippen molar-refractivity contribution in [3.05, 3.63) is 23.9 Å². The summed E-state index contributed by atoms with van der Waals surface area (Å²) in [6.07, 6.45) is 2.67. The fraction of sp³-hybridized carbons (Fsp3) is 0.611. The zero-order valence-electron chi connectivity index (χ0n) is 13.7. The first-order valence-corrected chi connectivity index (χ1v) is 8.38.